The van der Waals surface area contributed by atoms with Crippen LogP contribution in [0, 0.1) is 5.92 Å². The Morgan fingerprint density at radius 2 is 1.87 bits per heavy atom. The Bertz CT molecular complexity index is 902. The molecule has 166 valence electrons. The lowest BCUT2D eigenvalue weighted by Crippen LogP contribution is -2.53. The number of nitrogens with zero attached hydrogens (tertiary/aromatic N) is 2. The molecule has 0 spiro atoms. The second-order valence-corrected chi connectivity index (χ2v) is 9.26. The summed E-state index contributed by atoms with van der Waals surface area (Å²) in [5, 5.41) is 5.49. The fourth-order valence-electron chi connectivity index (χ4n) is 4.07. The van der Waals surface area contributed by atoms with E-state index >= 15 is 0 Å². The fourth-order valence-corrected chi connectivity index (χ4v) is 5.03. The molecule has 2 aliphatic rings. The molecular weight excluding hydrogens is 410 g/mol. The minimum absolute atomic E-state index is 0.0809. The van der Waals surface area contributed by atoms with Crippen LogP contribution in [-0.2, 0) is 9.53 Å². The van der Waals surface area contributed by atoms with Crippen molar-refractivity contribution in [1.29, 1.82) is 0 Å². The predicted molar refractivity (Wildman–Crippen MR) is 125 cm³/mol. The highest BCUT2D eigenvalue weighted by molar-refractivity contribution is 7.15. The Hall–Kier alpha value is -2.22. The summed E-state index contributed by atoms with van der Waals surface area (Å²) in [5.74, 6) is 0.410. The summed E-state index contributed by atoms with van der Waals surface area (Å²) in [4.78, 5) is 30.5. The highest BCUT2D eigenvalue weighted by Gasteiger charge is 2.30. The number of thiophene rings is 1. The molecule has 1 amide bonds. The molecule has 1 aromatic carbocycles. The summed E-state index contributed by atoms with van der Waals surface area (Å²) >= 11 is 1.37. The maximum atomic E-state index is 13.0. The first-order valence-corrected chi connectivity index (χ1v) is 12.1. The van der Waals surface area contributed by atoms with Crippen molar-refractivity contribution < 1.29 is 14.3 Å². The Kier molecular flexibility index (Phi) is 7.05. The molecule has 1 aromatic heterocycles. The lowest BCUT2D eigenvalue weighted by molar-refractivity contribution is -0.121. The zero-order valence-corrected chi connectivity index (χ0v) is 19.1. The minimum atomic E-state index is -0.403. The number of piperazine rings is 1. The van der Waals surface area contributed by atoms with Crippen LogP contribution in [0.4, 0.5) is 5.00 Å². The Labute approximate surface area is 188 Å². The van der Waals surface area contributed by atoms with Gasteiger partial charge in [-0.3, -0.25) is 9.69 Å². The van der Waals surface area contributed by atoms with Crippen molar-refractivity contribution in [3.05, 3.63) is 41.3 Å². The smallest absolute Gasteiger partial charge is 0.341 e. The van der Waals surface area contributed by atoms with Gasteiger partial charge in [0.1, 0.15) is 10.6 Å². The molecule has 1 aliphatic carbocycles. The van der Waals surface area contributed by atoms with Crippen LogP contribution in [-0.4, -0.2) is 67.0 Å². The number of nitrogens with one attached hydrogen (secondary N) is 1. The molecule has 4 rings (SSSR count). The summed E-state index contributed by atoms with van der Waals surface area (Å²) in [7, 11) is 0. The highest BCUT2D eigenvalue weighted by Crippen LogP contribution is 2.36. The number of hydrogen-bond acceptors (Lipinski definition) is 6. The third kappa shape index (κ3) is 5.34. The summed E-state index contributed by atoms with van der Waals surface area (Å²) in [5.41, 5.74) is 2.16. The number of anilines is 1. The van der Waals surface area contributed by atoms with Crippen LogP contribution in [0.15, 0.2) is 35.7 Å². The van der Waals surface area contributed by atoms with Crippen LogP contribution in [0.1, 0.15) is 37.0 Å². The van der Waals surface area contributed by atoms with Gasteiger partial charge < -0.3 is 15.0 Å². The van der Waals surface area contributed by atoms with Crippen molar-refractivity contribution in [2.45, 2.75) is 32.7 Å². The average molecular weight is 442 g/mol. The van der Waals surface area contributed by atoms with Crippen LogP contribution >= 0.6 is 11.3 Å². The number of ether oxygens (including phenoxy) is 1. The van der Waals surface area contributed by atoms with E-state index in [2.05, 4.69) is 15.1 Å². The van der Waals surface area contributed by atoms with Crippen molar-refractivity contribution in [3.63, 3.8) is 0 Å². The van der Waals surface area contributed by atoms with E-state index in [1.165, 1.54) is 30.7 Å². The molecule has 2 heterocycles. The fraction of sp³-hybridized carbons (Fsp3) is 0.500. The maximum Gasteiger partial charge on any atom is 0.341 e. The summed E-state index contributed by atoms with van der Waals surface area (Å²) in [6.45, 7) is 9.04. The number of benzene rings is 1. The standard InChI is InChI=1S/C24H31N3O3S/c1-3-30-24(29)21-20(19-7-5-4-6-8-19)16-31-23(21)25-22(28)17(2)27-13-11-26(12-14-27)15-18-9-10-18/h4-8,16-18H,3,9-15H2,1-2H3,(H,25,28). The summed E-state index contributed by atoms with van der Waals surface area (Å²) in [6, 6.07) is 9.48. The van der Waals surface area contributed by atoms with Gasteiger partial charge in [-0.25, -0.2) is 4.79 Å². The van der Waals surface area contributed by atoms with Gasteiger partial charge in [-0.1, -0.05) is 30.3 Å². The Morgan fingerprint density at radius 3 is 2.52 bits per heavy atom. The van der Waals surface area contributed by atoms with E-state index in [4.69, 9.17) is 4.74 Å². The molecule has 7 heteroatoms. The Morgan fingerprint density at radius 1 is 1.16 bits per heavy atom. The first kappa shape index (κ1) is 22.0. The van der Waals surface area contributed by atoms with Gasteiger partial charge in [0.15, 0.2) is 0 Å². The molecule has 1 N–H and O–H groups in total. The molecule has 2 fully saturated rings. The first-order valence-electron chi connectivity index (χ1n) is 11.2. The van der Waals surface area contributed by atoms with E-state index in [9.17, 15) is 9.59 Å². The van der Waals surface area contributed by atoms with Crippen molar-refractivity contribution in [2.24, 2.45) is 5.92 Å². The minimum Gasteiger partial charge on any atom is -0.462 e. The van der Waals surface area contributed by atoms with Crippen LogP contribution in [0.5, 0.6) is 0 Å². The molecule has 1 atom stereocenters. The molecule has 1 saturated heterocycles. The van der Waals surface area contributed by atoms with Crippen LogP contribution in [0.3, 0.4) is 0 Å². The normalized spacial score (nSPS) is 18.5. The third-order valence-electron chi connectivity index (χ3n) is 6.14. The molecule has 31 heavy (non-hydrogen) atoms. The number of esters is 1. The molecule has 1 saturated carbocycles. The van der Waals surface area contributed by atoms with Gasteiger partial charge in [-0.15, -0.1) is 11.3 Å². The van der Waals surface area contributed by atoms with E-state index in [1.807, 2.05) is 42.6 Å². The molecule has 6 nitrogen and oxygen atoms in total. The number of carbonyl (C=O) groups excluding carboxylic acids is 2. The van der Waals surface area contributed by atoms with Crippen molar-refractivity contribution in [3.8, 4) is 11.1 Å². The van der Waals surface area contributed by atoms with E-state index in [1.54, 1.807) is 6.92 Å². The lowest BCUT2D eigenvalue weighted by Gasteiger charge is -2.37. The van der Waals surface area contributed by atoms with Gasteiger partial charge >= 0.3 is 5.97 Å². The number of amides is 1. The van der Waals surface area contributed by atoms with Crippen molar-refractivity contribution in [2.75, 3.05) is 44.6 Å². The number of hydrogen-bond donors (Lipinski definition) is 1. The van der Waals surface area contributed by atoms with Gasteiger partial charge in [0.25, 0.3) is 0 Å². The van der Waals surface area contributed by atoms with Gasteiger partial charge in [0.05, 0.1) is 12.6 Å². The summed E-state index contributed by atoms with van der Waals surface area (Å²) in [6.07, 6.45) is 2.74. The molecule has 0 radical (unpaired) electrons. The van der Waals surface area contributed by atoms with Crippen molar-refractivity contribution in [1.82, 2.24) is 9.80 Å². The highest BCUT2D eigenvalue weighted by atomic mass is 32.1. The largest absolute Gasteiger partial charge is 0.462 e. The third-order valence-corrected chi connectivity index (χ3v) is 7.03. The van der Waals surface area contributed by atoms with Crippen LogP contribution in [0.25, 0.3) is 11.1 Å². The quantitative estimate of drug-likeness (QED) is 0.629. The van der Waals surface area contributed by atoms with Gasteiger partial charge in [0.2, 0.25) is 5.91 Å². The average Bonchev–Trinajstić information content (AvgIpc) is 3.51. The second-order valence-electron chi connectivity index (χ2n) is 8.39. The molecular formula is C24H31N3O3S. The molecule has 1 unspecified atom stereocenters. The Balaban J connectivity index is 1.44. The van der Waals surface area contributed by atoms with Gasteiger partial charge in [0, 0.05) is 43.7 Å². The van der Waals surface area contributed by atoms with E-state index in [-0.39, 0.29) is 18.6 Å². The lowest BCUT2D eigenvalue weighted by atomic mass is 10.0. The molecule has 0 bridgehead atoms. The first-order chi connectivity index (χ1) is 15.1. The van der Waals surface area contributed by atoms with Crippen LogP contribution in [0.2, 0.25) is 0 Å². The van der Waals surface area contributed by atoms with E-state index in [0.717, 1.165) is 43.2 Å². The van der Waals surface area contributed by atoms with E-state index < -0.39 is 5.97 Å². The predicted octanol–water partition coefficient (Wildman–Crippen LogP) is 3.95. The van der Waals surface area contributed by atoms with Gasteiger partial charge in [-0.05, 0) is 38.2 Å². The second kappa shape index (κ2) is 9.94. The maximum absolute atomic E-state index is 13.0. The monoisotopic (exact) mass is 441 g/mol. The van der Waals surface area contributed by atoms with Gasteiger partial charge in [-0.2, -0.15) is 0 Å². The van der Waals surface area contributed by atoms with E-state index in [0.29, 0.717) is 10.6 Å². The zero-order valence-electron chi connectivity index (χ0n) is 18.3. The SMILES string of the molecule is CCOC(=O)c1c(-c2ccccc2)csc1NC(=O)C(C)N1CCN(CC2CC2)CC1. The number of carbonyl (C=O) groups is 2. The van der Waals surface area contributed by atoms with Crippen LogP contribution < -0.4 is 5.32 Å². The summed E-state index contributed by atoms with van der Waals surface area (Å²) < 4.78 is 5.30. The van der Waals surface area contributed by atoms with Crippen molar-refractivity contribution >= 4 is 28.2 Å². The molecule has 2 aromatic rings. The molecule has 1 aliphatic heterocycles. The number of rotatable bonds is 8. The topological polar surface area (TPSA) is 61.9 Å². The zero-order chi connectivity index (χ0) is 21.8.